The molecule has 2 saturated heterocycles. The summed E-state index contributed by atoms with van der Waals surface area (Å²) in [7, 11) is 0. The van der Waals surface area contributed by atoms with Crippen LogP contribution in [0, 0.1) is 0 Å². The van der Waals surface area contributed by atoms with Crippen LogP contribution < -0.4 is 9.64 Å². The van der Waals surface area contributed by atoms with E-state index in [1.165, 1.54) is 29.8 Å². The van der Waals surface area contributed by atoms with Gasteiger partial charge in [0.15, 0.2) is 0 Å². The molecule has 0 unspecified atom stereocenters. The second-order valence-electron chi connectivity index (χ2n) is 7.27. The third-order valence-corrected chi connectivity index (χ3v) is 6.34. The molecule has 2 heterocycles. The lowest BCUT2D eigenvalue weighted by molar-refractivity contribution is -0.123. The average molecular weight is 443 g/mol. The van der Waals surface area contributed by atoms with Crippen molar-refractivity contribution in [2.24, 2.45) is 0 Å². The van der Waals surface area contributed by atoms with Gasteiger partial charge in [0.05, 0.1) is 11.4 Å². The predicted molar refractivity (Wildman–Crippen MR) is 122 cm³/mol. The summed E-state index contributed by atoms with van der Waals surface area (Å²) in [4.78, 5) is 29.0. The molecule has 0 aliphatic carbocycles. The first-order chi connectivity index (χ1) is 14.6. The number of anilines is 1. The van der Waals surface area contributed by atoms with Gasteiger partial charge < -0.3 is 9.64 Å². The zero-order valence-electron chi connectivity index (χ0n) is 16.6. The Morgan fingerprint density at radius 2 is 1.67 bits per heavy atom. The number of carbonyl (C=O) groups excluding carboxylic acids is 2. The van der Waals surface area contributed by atoms with Crippen LogP contribution in [0.2, 0.25) is 5.02 Å². The quantitative estimate of drug-likeness (QED) is 0.557. The number of amides is 2. The van der Waals surface area contributed by atoms with Crippen LogP contribution in [-0.2, 0) is 4.79 Å². The predicted octanol–water partition coefficient (Wildman–Crippen LogP) is 5.45. The van der Waals surface area contributed by atoms with Gasteiger partial charge in [-0.2, -0.15) is 0 Å². The van der Waals surface area contributed by atoms with E-state index >= 15 is 0 Å². The molecule has 7 heteroatoms. The Hall–Kier alpha value is -2.44. The van der Waals surface area contributed by atoms with Crippen LogP contribution >= 0.6 is 23.4 Å². The van der Waals surface area contributed by atoms with Crippen molar-refractivity contribution < 1.29 is 14.3 Å². The minimum atomic E-state index is -0.273. The molecule has 4 rings (SSSR count). The first-order valence-electron chi connectivity index (χ1n) is 10.1. The summed E-state index contributed by atoms with van der Waals surface area (Å²) in [5.41, 5.74) is 2.12. The minimum Gasteiger partial charge on any atom is -0.492 e. The molecule has 2 aromatic rings. The summed E-state index contributed by atoms with van der Waals surface area (Å²) >= 11 is 6.83. The molecule has 30 heavy (non-hydrogen) atoms. The van der Waals surface area contributed by atoms with Gasteiger partial charge in [-0.05, 0) is 79.1 Å². The number of halogens is 1. The van der Waals surface area contributed by atoms with Gasteiger partial charge in [-0.25, -0.2) is 0 Å². The number of benzene rings is 2. The number of nitrogens with zero attached hydrogens (tertiary/aromatic N) is 2. The lowest BCUT2D eigenvalue weighted by atomic mass is 10.1. The Bertz CT molecular complexity index is 938. The highest BCUT2D eigenvalue weighted by molar-refractivity contribution is 8.18. The Morgan fingerprint density at radius 1 is 0.967 bits per heavy atom. The van der Waals surface area contributed by atoms with Crippen LogP contribution in [0.1, 0.15) is 24.8 Å². The average Bonchev–Trinajstić information content (AvgIpc) is 3.03. The van der Waals surface area contributed by atoms with Crippen molar-refractivity contribution in [1.29, 1.82) is 0 Å². The fourth-order valence-corrected chi connectivity index (χ4v) is 4.55. The Balaban J connectivity index is 1.35. The van der Waals surface area contributed by atoms with Gasteiger partial charge in [-0.1, -0.05) is 23.7 Å². The minimum absolute atomic E-state index is 0.207. The van der Waals surface area contributed by atoms with E-state index in [1.807, 2.05) is 12.1 Å². The van der Waals surface area contributed by atoms with Gasteiger partial charge >= 0.3 is 0 Å². The van der Waals surface area contributed by atoms with Gasteiger partial charge in [-0.3, -0.25) is 14.5 Å². The molecule has 2 fully saturated rings. The lowest BCUT2D eigenvalue weighted by Gasteiger charge is -2.28. The maximum Gasteiger partial charge on any atom is 0.293 e. The fourth-order valence-electron chi connectivity index (χ4n) is 3.56. The van der Waals surface area contributed by atoms with E-state index in [0.29, 0.717) is 15.7 Å². The van der Waals surface area contributed by atoms with Crippen LogP contribution in [0.3, 0.4) is 0 Å². The van der Waals surface area contributed by atoms with Gasteiger partial charge in [0, 0.05) is 23.8 Å². The molecular weight excluding hydrogens is 420 g/mol. The van der Waals surface area contributed by atoms with E-state index in [1.54, 1.807) is 30.3 Å². The highest BCUT2D eigenvalue weighted by Crippen LogP contribution is 2.32. The van der Waals surface area contributed by atoms with E-state index in [9.17, 15) is 9.59 Å². The van der Waals surface area contributed by atoms with Gasteiger partial charge in [0.2, 0.25) is 0 Å². The van der Waals surface area contributed by atoms with E-state index in [-0.39, 0.29) is 24.3 Å². The summed E-state index contributed by atoms with van der Waals surface area (Å²) in [5.74, 6) is 0.375. The Labute approximate surface area is 185 Å². The number of imide groups is 1. The largest absolute Gasteiger partial charge is 0.492 e. The Morgan fingerprint density at radius 3 is 2.37 bits per heavy atom. The van der Waals surface area contributed by atoms with Crippen molar-refractivity contribution >= 4 is 46.3 Å². The zero-order chi connectivity index (χ0) is 20.9. The van der Waals surface area contributed by atoms with Crippen LogP contribution in [0.15, 0.2) is 53.4 Å². The van der Waals surface area contributed by atoms with Crippen molar-refractivity contribution in [2.75, 3.05) is 31.1 Å². The van der Waals surface area contributed by atoms with E-state index in [4.69, 9.17) is 16.3 Å². The second-order valence-corrected chi connectivity index (χ2v) is 8.70. The maximum absolute atomic E-state index is 12.7. The molecule has 2 aromatic carbocycles. The Kier molecular flexibility index (Phi) is 6.65. The summed E-state index contributed by atoms with van der Waals surface area (Å²) in [6.07, 6.45) is 5.55. The SMILES string of the molecule is O=C1S/C(=C\c2ccc(N3CCCCC3)cc2)C(=O)N1CCOc1ccc(Cl)cc1. The van der Waals surface area contributed by atoms with E-state index < -0.39 is 0 Å². The van der Waals surface area contributed by atoms with Gasteiger partial charge in [0.25, 0.3) is 11.1 Å². The number of hydrogen-bond donors (Lipinski definition) is 0. The first-order valence-corrected chi connectivity index (χ1v) is 11.3. The van der Waals surface area contributed by atoms with Crippen molar-refractivity contribution in [2.45, 2.75) is 19.3 Å². The van der Waals surface area contributed by atoms with Gasteiger partial charge in [-0.15, -0.1) is 0 Å². The molecule has 0 saturated carbocycles. The molecule has 0 atom stereocenters. The third-order valence-electron chi connectivity index (χ3n) is 5.18. The number of thioether (sulfide) groups is 1. The highest BCUT2D eigenvalue weighted by Gasteiger charge is 2.34. The number of carbonyl (C=O) groups is 2. The van der Waals surface area contributed by atoms with Crippen LogP contribution in [-0.4, -0.2) is 42.3 Å². The summed E-state index contributed by atoms with van der Waals surface area (Å²) in [5, 5.41) is 0.360. The molecule has 0 radical (unpaired) electrons. The van der Waals surface area contributed by atoms with Crippen LogP contribution in [0.5, 0.6) is 5.75 Å². The third kappa shape index (κ3) is 4.99. The normalized spacial score (nSPS) is 18.4. The molecule has 156 valence electrons. The number of ether oxygens (including phenoxy) is 1. The van der Waals surface area contributed by atoms with Crippen molar-refractivity contribution in [3.8, 4) is 5.75 Å². The number of rotatable bonds is 6. The number of piperidine rings is 1. The summed E-state index contributed by atoms with van der Waals surface area (Å²) in [6, 6.07) is 15.1. The topological polar surface area (TPSA) is 49.9 Å². The molecular formula is C23H23ClN2O3S. The standard InChI is InChI=1S/C23H23ClN2O3S/c24-18-6-10-20(11-7-18)29-15-14-26-22(27)21(30-23(26)28)16-17-4-8-19(9-5-17)25-12-2-1-3-13-25/h4-11,16H,1-3,12-15H2/b21-16-. The molecule has 0 aromatic heterocycles. The smallest absolute Gasteiger partial charge is 0.293 e. The summed E-state index contributed by atoms with van der Waals surface area (Å²) in [6.45, 7) is 2.63. The molecule has 5 nitrogen and oxygen atoms in total. The lowest BCUT2D eigenvalue weighted by Crippen LogP contribution is -2.32. The molecule has 0 bridgehead atoms. The summed E-state index contributed by atoms with van der Waals surface area (Å²) < 4.78 is 5.61. The highest BCUT2D eigenvalue weighted by atomic mass is 35.5. The van der Waals surface area contributed by atoms with Crippen molar-refractivity contribution in [1.82, 2.24) is 4.90 Å². The van der Waals surface area contributed by atoms with Gasteiger partial charge in [0.1, 0.15) is 12.4 Å². The molecule has 0 spiro atoms. The molecule has 0 N–H and O–H groups in total. The fraction of sp³-hybridized carbons (Fsp3) is 0.304. The van der Waals surface area contributed by atoms with Crippen LogP contribution in [0.25, 0.3) is 6.08 Å². The number of hydrogen-bond acceptors (Lipinski definition) is 5. The first kappa shape index (κ1) is 20.8. The molecule has 2 amide bonds. The van der Waals surface area contributed by atoms with Crippen molar-refractivity contribution in [3.05, 3.63) is 64.0 Å². The maximum atomic E-state index is 12.7. The monoisotopic (exact) mass is 442 g/mol. The van der Waals surface area contributed by atoms with E-state index in [2.05, 4.69) is 17.0 Å². The second kappa shape index (κ2) is 9.58. The molecule has 2 aliphatic heterocycles. The zero-order valence-corrected chi connectivity index (χ0v) is 18.1. The van der Waals surface area contributed by atoms with Crippen molar-refractivity contribution in [3.63, 3.8) is 0 Å². The van der Waals surface area contributed by atoms with Crippen LogP contribution in [0.4, 0.5) is 10.5 Å². The molecule has 2 aliphatic rings. The van der Waals surface area contributed by atoms with E-state index in [0.717, 1.165) is 30.4 Å².